The number of carbonyl (C=O) groups excluding carboxylic acids is 1. The summed E-state index contributed by atoms with van der Waals surface area (Å²) in [6.45, 7) is 6.87. The lowest BCUT2D eigenvalue weighted by Crippen LogP contribution is -2.16. The second-order valence-corrected chi connectivity index (χ2v) is 5.45. The van der Waals surface area contributed by atoms with Crippen LogP contribution < -0.4 is 0 Å². The molecule has 23 heavy (non-hydrogen) atoms. The lowest BCUT2D eigenvalue weighted by atomic mass is 9.95. The van der Waals surface area contributed by atoms with Gasteiger partial charge in [-0.3, -0.25) is 4.79 Å². The Labute approximate surface area is 137 Å². The first-order valence-electron chi connectivity index (χ1n) is 7.46. The van der Waals surface area contributed by atoms with Gasteiger partial charge in [-0.15, -0.1) is 5.73 Å². The van der Waals surface area contributed by atoms with Gasteiger partial charge in [0.25, 0.3) is 0 Å². The van der Waals surface area contributed by atoms with E-state index in [0.29, 0.717) is 5.57 Å². The van der Waals surface area contributed by atoms with Crippen LogP contribution in [-0.4, -0.2) is 17.0 Å². The van der Waals surface area contributed by atoms with Crippen molar-refractivity contribution in [3.8, 4) is 0 Å². The Bertz CT molecular complexity index is 723. The summed E-state index contributed by atoms with van der Waals surface area (Å²) in [4.78, 5) is 12.0. The molecule has 0 fully saturated rings. The Morgan fingerprint density at radius 2 is 1.39 bits per heavy atom. The van der Waals surface area contributed by atoms with Gasteiger partial charge in [0.2, 0.25) is 0 Å². The van der Waals surface area contributed by atoms with Crippen molar-refractivity contribution in [2.75, 3.05) is 0 Å². The predicted molar refractivity (Wildman–Crippen MR) is 93.9 cm³/mol. The molecule has 116 valence electrons. The maximum absolute atomic E-state index is 12.0. The van der Waals surface area contributed by atoms with Crippen LogP contribution in [-0.2, 0) is 4.79 Å². The lowest BCUT2D eigenvalue weighted by molar-refractivity contribution is -0.114. The molecule has 0 aromatic heterocycles. The maximum Gasteiger partial charge on any atom is 0.166 e. The second-order valence-electron chi connectivity index (χ2n) is 5.45. The normalized spacial score (nSPS) is 11.3. The zero-order valence-corrected chi connectivity index (χ0v) is 13.4. The fourth-order valence-electron chi connectivity index (χ4n) is 2.25. The number of rotatable bonds is 5. The summed E-state index contributed by atoms with van der Waals surface area (Å²) in [5.41, 5.74) is 6.53. The molecule has 0 saturated carbocycles. The molecule has 0 spiro atoms. The quantitative estimate of drug-likeness (QED) is 0.511. The van der Waals surface area contributed by atoms with Crippen LogP contribution in [0, 0.1) is 0 Å². The number of Topliss-reactive ketones (excluding diaryl/α,β-unsaturated/α-hetero) is 1. The van der Waals surface area contributed by atoms with Gasteiger partial charge < -0.3 is 5.11 Å². The van der Waals surface area contributed by atoms with Crippen LogP contribution in [0.5, 0.6) is 0 Å². The van der Waals surface area contributed by atoms with Crippen LogP contribution in [0.15, 0.2) is 84.1 Å². The van der Waals surface area contributed by atoms with Crippen molar-refractivity contribution in [2.45, 2.75) is 20.0 Å². The molecule has 0 saturated heterocycles. The van der Waals surface area contributed by atoms with Gasteiger partial charge in [0, 0.05) is 5.57 Å². The highest BCUT2D eigenvalue weighted by Gasteiger charge is 2.16. The molecule has 0 aliphatic rings. The number of ketones is 1. The van der Waals surface area contributed by atoms with E-state index in [1.165, 1.54) is 6.92 Å². The van der Waals surface area contributed by atoms with Crippen molar-refractivity contribution < 1.29 is 9.90 Å². The van der Waals surface area contributed by atoms with Gasteiger partial charge in [0.05, 0.1) is 5.57 Å². The Balaban J connectivity index is 2.76. The van der Waals surface area contributed by atoms with Gasteiger partial charge in [-0.2, -0.15) is 0 Å². The summed E-state index contributed by atoms with van der Waals surface area (Å²) in [5, 5.41) is 10.3. The molecular formula is C21H20O2. The van der Waals surface area contributed by atoms with Crippen LogP contribution in [0.2, 0.25) is 0 Å². The number of hydrogen-bond acceptors (Lipinski definition) is 2. The smallest absolute Gasteiger partial charge is 0.166 e. The van der Waals surface area contributed by atoms with E-state index in [2.05, 4.69) is 12.3 Å². The average Bonchev–Trinajstić information content (AvgIpc) is 2.56. The fourth-order valence-corrected chi connectivity index (χ4v) is 2.25. The zero-order valence-electron chi connectivity index (χ0n) is 13.4. The Morgan fingerprint density at radius 3 is 1.74 bits per heavy atom. The first-order valence-corrected chi connectivity index (χ1v) is 7.46. The zero-order chi connectivity index (χ0) is 16.8. The van der Waals surface area contributed by atoms with E-state index in [1.807, 2.05) is 60.7 Å². The van der Waals surface area contributed by atoms with Crippen molar-refractivity contribution in [1.29, 1.82) is 0 Å². The van der Waals surface area contributed by atoms with Crippen LogP contribution in [0.25, 0.3) is 5.57 Å². The molecule has 2 nitrogen and oxygen atoms in total. The van der Waals surface area contributed by atoms with Crippen LogP contribution >= 0.6 is 0 Å². The molecule has 2 rings (SSSR count). The van der Waals surface area contributed by atoms with Crippen molar-refractivity contribution in [1.82, 2.24) is 0 Å². The molecule has 0 aliphatic carbocycles. The van der Waals surface area contributed by atoms with Crippen LogP contribution in [0.4, 0.5) is 0 Å². The third-order valence-electron chi connectivity index (χ3n) is 3.50. The van der Waals surface area contributed by atoms with Gasteiger partial charge in [-0.1, -0.05) is 67.2 Å². The highest BCUT2D eigenvalue weighted by molar-refractivity contribution is 5.96. The van der Waals surface area contributed by atoms with Gasteiger partial charge in [0.15, 0.2) is 5.78 Å². The van der Waals surface area contributed by atoms with E-state index in [0.717, 1.165) is 16.7 Å². The summed E-state index contributed by atoms with van der Waals surface area (Å²) in [7, 11) is 0. The summed E-state index contributed by atoms with van der Waals surface area (Å²) in [5.74, 6) is -0.218. The third-order valence-corrected chi connectivity index (χ3v) is 3.50. The summed E-state index contributed by atoms with van der Waals surface area (Å²) in [6.07, 6.45) is -1.02. The standard InChI is InChI=1S/C21H20O2/c1-15(2)21(23)19(16(3)22)14-20(17-10-6-4-7-11-17)18-12-8-5-9-13-18/h4-13,21,23H,1H2,2-3H3. The van der Waals surface area contributed by atoms with Gasteiger partial charge in [0.1, 0.15) is 6.10 Å². The summed E-state index contributed by atoms with van der Waals surface area (Å²) in [6, 6.07) is 19.4. The minimum absolute atomic E-state index is 0.218. The molecule has 1 atom stereocenters. The third kappa shape index (κ3) is 4.17. The SMILES string of the molecule is C=C(C)C(O)C(=C=C(c1ccccc1)c1ccccc1)C(C)=O. The largest absolute Gasteiger partial charge is 0.383 e. The first-order chi connectivity index (χ1) is 11.0. The number of benzene rings is 2. The average molecular weight is 304 g/mol. The highest BCUT2D eigenvalue weighted by atomic mass is 16.3. The monoisotopic (exact) mass is 304 g/mol. The molecule has 0 heterocycles. The minimum Gasteiger partial charge on any atom is -0.383 e. The first kappa shape index (κ1) is 16.7. The Hall–Kier alpha value is -2.67. The van der Waals surface area contributed by atoms with Crippen molar-refractivity contribution in [3.05, 3.63) is 95.2 Å². The summed E-state index contributed by atoms with van der Waals surface area (Å²) >= 11 is 0. The Morgan fingerprint density at radius 1 is 0.957 bits per heavy atom. The highest BCUT2D eigenvalue weighted by Crippen LogP contribution is 2.24. The molecule has 0 radical (unpaired) electrons. The molecule has 2 aromatic rings. The number of aliphatic hydroxyl groups is 1. The van der Waals surface area contributed by atoms with Crippen molar-refractivity contribution >= 4 is 11.4 Å². The van der Waals surface area contributed by atoms with E-state index in [1.54, 1.807) is 6.92 Å². The van der Waals surface area contributed by atoms with Gasteiger partial charge >= 0.3 is 0 Å². The summed E-state index contributed by atoms with van der Waals surface area (Å²) < 4.78 is 0. The molecule has 2 heteroatoms. The molecule has 0 aliphatic heterocycles. The fraction of sp³-hybridized carbons (Fsp3) is 0.143. The van der Waals surface area contributed by atoms with E-state index >= 15 is 0 Å². The number of carbonyl (C=O) groups is 1. The topological polar surface area (TPSA) is 37.3 Å². The number of hydrogen-bond donors (Lipinski definition) is 1. The Kier molecular flexibility index (Phi) is 5.48. The van der Waals surface area contributed by atoms with E-state index in [-0.39, 0.29) is 11.4 Å². The van der Waals surface area contributed by atoms with Crippen molar-refractivity contribution in [2.24, 2.45) is 0 Å². The lowest BCUT2D eigenvalue weighted by Gasteiger charge is -2.12. The molecular weight excluding hydrogens is 284 g/mol. The molecule has 2 aromatic carbocycles. The minimum atomic E-state index is -1.02. The number of aliphatic hydroxyl groups excluding tert-OH is 1. The van der Waals surface area contributed by atoms with E-state index in [4.69, 9.17) is 0 Å². The predicted octanol–water partition coefficient (Wildman–Crippen LogP) is 4.17. The molecule has 0 bridgehead atoms. The second kappa shape index (κ2) is 7.55. The maximum atomic E-state index is 12.0. The molecule has 1 N–H and O–H groups in total. The van der Waals surface area contributed by atoms with E-state index < -0.39 is 6.10 Å². The van der Waals surface area contributed by atoms with Gasteiger partial charge in [-0.25, -0.2) is 0 Å². The van der Waals surface area contributed by atoms with Crippen LogP contribution in [0.3, 0.4) is 0 Å². The van der Waals surface area contributed by atoms with E-state index in [9.17, 15) is 9.90 Å². The van der Waals surface area contributed by atoms with Crippen LogP contribution in [0.1, 0.15) is 25.0 Å². The molecule has 1 unspecified atom stereocenters. The molecule has 0 amide bonds. The van der Waals surface area contributed by atoms with Gasteiger partial charge in [-0.05, 0) is 30.5 Å². The van der Waals surface area contributed by atoms with Crippen molar-refractivity contribution in [3.63, 3.8) is 0 Å².